The van der Waals surface area contributed by atoms with Crippen molar-refractivity contribution >= 4 is 11.8 Å². The van der Waals surface area contributed by atoms with Gasteiger partial charge in [-0.3, -0.25) is 14.5 Å². The van der Waals surface area contributed by atoms with E-state index in [0.29, 0.717) is 13.2 Å². The zero-order valence-electron chi connectivity index (χ0n) is 11.5. The molecular formula is C15H18N2O3. The molecule has 20 heavy (non-hydrogen) atoms. The van der Waals surface area contributed by atoms with E-state index in [-0.39, 0.29) is 24.3 Å². The molecule has 0 bridgehead atoms. The van der Waals surface area contributed by atoms with Gasteiger partial charge in [-0.05, 0) is 17.5 Å². The molecular weight excluding hydrogens is 256 g/mol. The Morgan fingerprint density at radius 3 is 2.90 bits per heavy atom. The number of hydrogen-bond donors (Lipinski definition) is 1. The SMILES string of the molecule is CN1C(=O)CC(NCC2OCCc3ccccc32)C1=O. The maximum absolute atomic E-state index is 11.8. The van der Waals surface area contributed by atoms with Crippen molar-refractivity contribution in [3.8, 4) is 0 Å². The third-order valence-corrected chi connectivity index (χ3v) is 4.02. The Kier molecular flexibility index (Phi) is 3.54. The van der Waals surface area contributed by atoms with Gasteiger partial charge in [0.2, 0.25) is 11.8 Å². The number of hydrogen-bond acceptors (Lipinski definition) is 4. The number of carbonyl (C=O) groups is 2. The summed E-state index contributed by atoms with van der Waals surface area (Å²) in [5.74, 6) is -0.281. The summed E-state index contributed by atoms with van der Waals surface area (Å²) < 4.78 is 5.78. The number of likely N-dealkylation sites (N-methyl/N-ethyl adjacent to an activating group) is 1. The predicted molar refractivity (Wildman–Crippen MR) is 73.0 cm³/mol. The molecule has 2 aliphatic rings. The molecule has 5 nitrogen and oxygen atoms in total. The first-order valence-corrected chi connectivity index (χ1v) is 6.90. The number of rotatable bonds is 3. The second-order valence-electron chi connectivity index (χ2n) is 5.26. The van der Waals surface area contributed by atoms with E-state index in [1.54, 1.807) is 0 Å². The molecule has 2 amide bonds. The van der Waals surface area contributed by atoms with Gasteiger partial charge < -0.3 is 10.1 Å². The Morgan fingerprint density at radius 2 is 2.15 bits per heavy atom. The fourth-order valence-electron chi connectivity index (χ4n) is 2.81. The van der Waals surface area contributed by atoms with Crippen molar-refractivity contribution in [2.45, 2.75) is 25.0 Å². The molecule has 1 N–H and O–H groups in total. The smallest absolute Gasteiger partial charge is 0.246 e. The van der Waals surface area contributed by atoms with E-state index in [1.165, 1.54) is 23.1 Å². The van der Waals surface area contributed by atoms with Gasteiger partial charge >= 0.3 is 0 Å². The fraction of sp³-hybridized carbons (Fsp3) is 0.467. The third-order valence-electron chi connectivity index (χ3n) is 4.02. The monoisotopic (exact) mass is 274 g/mol. The van der Waals surface area contributed by atoms with Gasteiger partial charge in [0.25, 0.3) is 0 Å². The topological polar surface area (TPSA) is 58.6 Å². The molecule has 1 saturated heterocycles. The zero-order chi connectivity index (χ0) is 14.1. The Bertz CT molecular complexity index is 544. The highest BCUT2D eigenvalue weighted by atomic mass is 16.5. The summed E-state index contributed by atoms with van der Waals surface area (Å²) in [7, 11) is 1.53. The molecule has 3 rings (SSSR count). The molecule has 0 saturated carbocycles. The second-order valence-corrected chi connectivity index (χ2v) is 5.26. The molecule has 0 aromatic heterocycles. The van der Waals surface area contributed by atoms with Gasteiger partial charge in [-0.25, -0.2) is 0 Å². The number of imide groups is 1. The number of likely N-dealkylation sites (tertiary alicyclic amines) is 1. The first kappa shape index (κ1) is 13.3. The lowest BCUT2D eigenvalue weighted by molar-refractivity contribution is -0.137. The average molecular weight is 274 g/mol. The summed E-state index contributed by atoms with van der Waals surface area (Å²) in [5.41, 5.74) is 2.48. The van der Waals surface area contributed by atoms with Crippen molar-refractivity contribution in [2.24, 2.45) is 0 Å². The number of carbonyl (C=O) groups excluding carboxylic acids is 2. The molecule has 1 aromatic rings. The summed E-state index contributed by atoms with van der Waals surface area (Å²) in [4.78, 5) is 24.5. The van der Waals surface area contributed by atoms with Crippen molar-refractivity contribution in [2.75, 3.05) is 20.2 Å². The van der Waals surface area contributed by atoms with Crippen LogP contribution in [0.4, 0.5) is 0 Å². The van der Waals surface area contributed by atoms with E-state index in [9.17, 15) is 9.59 Å². The zero-order valence-corrected chi connectivity index (χ0v) is 11.5. The Labute approximate surface area is 117 Å². The van der Waals surface area contributed by atoms with E-state index in [0.717, 1.165) is 6.42 Å². The maximum atomic E-state index is 11.8. The van der Waals surface area contributed by atoms with Crippen molar-refractivity contribution in [3.05, 3.63) is 35.4 Å². The van der Waals surface area contributed by atoms with Gasteiger partial charge in [0, 0.05) is 13.6 Å². The van der Waals surface area contributed by atoms with Gasteiger partial charge in [-0.2, -0.15) is 0 Å². The predicted octanol–water partition coefficient (Wildman–Crippen LogP) is 0.647. The normalized spacial score (nSPS) is 25.9. The highest BCUT2D eigenvalue weighted by Gasteiger charge is 2.36. The Hall–Kier alpha value is -1.72. The minimum atomic E-state index is -0.412. The molecule has 0 aliphatic carbocycles. The van der Waals surface area contributed by atoms with Crippen molar-refractivity contribution in [1.29, 1.82) is 0 Å². The van der Waals surface area contributed by atoms with Crippen LogP contribution in [0.25, 0.3) is 0 Å². The lowest BCUT2D eigenvalue weighted by atomic mass is 9.97. The van der Waals surface area contributed by atoms with Crippen LogP contribution in [0, 0.1) is 0 Å². The number of benzene rings is 1. The second kappa shape index (κ2) is 5.34. The standard InChI is InChI=1S/C15H18N2O3/c1-17-14(18)8-12(15(17)19)16-9-13-11-5-3-2-4-10(11)6-7-20-13/h2-5,12-13,16H,6-9H2,1H3. The van der Waals surface area contributed by atoms with E-state index >= 15 is 0 Å². The molecule has 5 heteroatoms. The van der Waals surface area contributed by atoms with Crippen LogP contribution in [0.3, 0.4) is 0 Å². The van der Waals surface area contributed by atoms with Crippen LogP contribution in [-0.4, -0.2) is 43.0 Å². The summed E-state index contributed by atoms with van der Waals surface area (Å²) in [6.07, 6.45) is 1.12. The number of nitrogens with zero attached hydrogens (tertiary/aromatic N) is 1. The van der Waals surface area contributed by atoms with Crippen molar-refractivity contribution in [1.82, 2.24) is 10.2 Å². The number of nitrogens with one attached hydrogen (secondary N) is 1. The first-order chi connectivity index (χ1) is 9.66. The lowest BCUT2D eigenvalue weighted by Gasteiger charge is -2.27. The molecule has 2 aliphatic heterocycles. The largest absolute Gasteiger partial charge is 0.372 e. The van der Waals surface area contributed by atoms with Crippen LogP contribution in [0.1, 0.15) is 23.7 Å². The molecule has 2 heterocycles. The maximum Gasteiger partial charge on any atom is 0.246 e. The van der Waals surface area contributed by atoms with Gasteiger partial charge in [0.05, 0.1) is 25.2 Å². The molecule has 0 spiro atoms. The highest BCUT2D eigenvalue weighted by Crippen LogP contribution is 2.26. The van der Waals surface area contributed by atoms with Crippen LogP contribution in [0.15, 0.2) is 24.3 Å². The van der Waals surface area contributed by atoms with Gasteiger partial charge in [-0.1, -0.05) is 24.3 Å². The van der Waals surface area contributed by atoms with E-state index in [1.807, 2.05) is 12.1 Å². The lowest BCUT2D eigenvalue weighted by Crippen LogP contribution is -2.40. The number of amides is 2. The van der Waals surface area contributed by atoms with Gasteiger partial charge in [-0.15, -0.1) is 0 Å². The molecule has 1 aromatic carbocycles. The molecule has 2 atom stereocenters. The van der Waals surface area contributed by atoms with Gasteiger partial charge in [0.15, 0.2) is 0 Å². The van der Waals surface area contributed by atoms with Crippen LogP contribution in [0.5, 0.6) is 0 Å². The molecule has 106 valence electrons. The van der Waals surface area contributed by atoms with Crippen molar-refractivity contribution in [3.63, 3.8) is 0 Å². The van der Waals surface area contributed by atoms with E-state index in [4.69, 9.17) is 4.74 Å². The molecule has 0 radical (unpaired) electrons. The quantitative estimate of drug-likeness (QED) is 0.822. The van der Waals surface area contributed by atoms with Crippen molar-refractivity contribution < 1.29 is 14.3 Å². The van der Waals surface area contributed by atoms with Crippen LogP contribution in [0.2, 0.25) is 0 Å². The highest BCUT2D eigenvalue weighted by molar-refractivity contribution is 6.05. The fourth-order valence-corrected chi connectivity index (χ4v) is 2.81. The summed E-state index contributed by atoms with van der Waals surface area (Å²) in [6.45, 7) is 1.25. The summed E-state index contributed by atoms with van der Waals surface area (Å²) >= 11 is 0. The number of fused-ring (bicyclic) bond motifs is 1. The minimum absolute atomic E-state index is 0.0474. The first-order valence-electron chi connectivity index (χ1n) is 6.90. The number of ether oxygens (including phenoxy) is 1. The van der Waals surface area contributed by atoms with Crippen LogP contribution >= 0.6 is 0 Å². The van der Waals surface area contributed by atoms with E-state index in [2.05, 4.69) is 17.4 Å². The average Bonchev–Trinajstić information content (AvgIpc) is 2.72. The summed E-state index contributed by atoms with van der Waals surface area (Å²) in [5, 5.41) is 3.17. The summed E-state index contributed by atoms with van der Waals surface area (Å²) in [6, 6.07) is 7.80. The van der Waals surface area contributed by atoms with Gasteiger partial charge in [0.1, 0.15) is 0 Å². The molecule has 1 fully saturated rings. The van der Waals surface area contributed by atoms with Crippen LogP contribution in [-0.2, 0) is 20.7 Å². The Balaban J connectivity index is 1.66. The third kappa shape index (κ3) is 2.34. The van der Waals surface area contributed by atoms with Crippen LogP contribution < -0.4 is 5.32 Å². The van der Waals surface area contributed by atoms with E-state index < -0.39 is 6.04 Å². The molecule has 2 unspecified atom stereocenters. The Morgan fingerprint density at radius 1 is 1.35 bits per heavy atom. The minimum Gasteiger partial charge on any atom is -0.372 e.